The number of furan rings is 1. The summed E-state index contributed by atoms with van der Waals surface area (Å²) in [5.74, 6) is 0. The second-order valence-corrected chi connectivity index (χ2v) is 15.0. The van der Waals surface area contributed by atoms with E-state index >= 15 is 0 Å². The Morgan fingerprint density at radius 2 is 0.793 bits per heavy atom. The molecule has 0 amide bonds. The van der Waals surface area contributed by atoms with Crippen molar-refractivity contribution in [2.75, 3.05) is 9.80 Å². The van der Waals surface area contributed by atoms with E-state index in [0.717, 1.165) is 62.5 Å². The molecule has 10 aromatic rings. The fraction of sp³-hybridized carbons (Fsp3) is 0.0182. The molecule has 1 aromatic heterocycles. The van der Waals surface area contributed by atoms with Gasteiger partial charge in [-0.15, -0.1) is 0 Å². The topological polar surface area (TPSA) is 19.6 Å². The summed E-state index contributed by atoms with van der Waals surface area (Å²) < 4.78 is 6.16. The lowest BCUT2D eigenvalue weighted by atomic mass is 9.98. The number of rotatable bonds is 8. The summed E-state index contributed by atoms with van der Waals surface area (Å²) in [6, 6.07) is 78.3. The Balaban J connectivity index is 0.901. The van der Waals surface area contributed by atoms with Crippen molar-refractivity contribution in [3.8, 4) is 33.4 Å². The smallest absolute Gasteiger partial charge is 0.135 e. The first kappa shape index (κ1) is 33.7. The standard InChI is InChI=1S/C55H38N2O/c1-3-15-44(16-4-1)56(48-31-26-43-35-42-12-7-8-19-50(42)52(43)36-48)46-27-22-38(23-28-46)40-13-11-14-41(34-40)39-24-29-47(30-25-39)57(45-17-5-2-6-18-45)49-32-33-55-53(37-49)51-20-9-10-21-54(51)58-55/h1-34,36-37H,35H2. The zero-order valence-corrected chi connectivity index (χ0v) is 31.8. The van der Waals surface area contributed by atoms with Crippen molar-refractivity contribution in [2.24, 2.45) is 0 Å². The molecule has 11 rings (SSSR count). The minimum absolute atomic E-state index is 0.891. The fourth-order valence-electron chi connectivity index (χ4n) is 8.64. The molecule has 0 fully saturated rings. The molecule has 0 bridgehead atoms. The third kappa shape index (κ3) is 6.01. The highest BCUT2D eigenvalue weighted by molar-refractivity contribution is 6.06. The van der Waals surface area contributed by atoms with E-state index in [2.05, 4.69) is 216 Å². The minimum atomic E-state index is 0.891. The number of anilines is 6. The first-order valence-corrected chi connectivity index (χ1v) is 19.9. The summed E-state index contributed by atoms with van der Waals surface area (Å²) >= 11 is 0. The Morgan fingerprint density at radius 3 is 1.47 bits per heavy atom. The second kappa shape index (κ2) is 14.1. The van der Waals surface area contributed by atoms with Gasteiger partial charge >= 0.3 is 0 Å². The Morgan fingerprint density at radius 1 is 0.293 bits per heavy atom. The number of fused-ring (bicyclic) bond motifs is 6. The van der Waals surface area contributed by atoms with Gasteiger partial charge < -0.3 is 14.2 Å². The van der Waals surface area contributed by atoms with Crippen LogP contribution in [0, 0.1) is 0 Å². The van der Waals surface area contributed by atoms with E-state index < -0.39 is 0 Å². The van der Waals surface area contributed by atoms with E-state index in [4.69, 9.17) is 4.42 Å². The lowest BCUT2D eigenvalue weighted by Crippen LogP contribution is -2.10. The van der Waals surface area contributed by atoms with Gasteiger partial charge in [-0.2, -0.15) is 0 Å². The van der Waals surface area contributed by atoms with Crippen LogP contribution in [-0.4, -0.2) is 0 Å². The molecule has 0 unspecified atom stereocenters. The molecule has 3 heteroatoms. The number of nitrogens with zero attached hydrogens (tertiary/aromatic N) is 2. The second-order valence-electron chi connectivity index (χ2n) is 15.0. The number of para-hydroxylation sites is 3. The maximum Gasteiger partial charge on any atom is 0.135 e. The highest BCUT2D eigenvalue weighted by Gasteiger charge is 2.21. The average Bonchev–Trinajstić information content (AvgIpc) is 3.86. The maximum absolute atomic E-state index is 6.16. The molecule has 0 N–H and O–H groups in total. The van der Waals surface area contributed by atoms with Crippen LogP contribution in [0.2, 0.25) is 0 Å². The molecule has 1 aliphatic carbocycles. The fourth-order valence-corrected chi connectivity index (χ4v) is 8.64. The average molecular weight is 743 g/mol. The monoisotopic (exact) mass is 742 g/mol. The van der Waals surface area contributed by atoms with Crippen molar-refractivity contribution in [2.45, 2.75) is 6.42 Å². The minimum Gasteiger partial charge on any atom is -0.456 e. The summed E-state index contributed by atoms with van der Waals surface area (Å²) in [5.41, 5.74) is 18.6. The summed E-state index contributed by atoms with van der Waals surface area (Å²) in [7, 11) is 0. The van der Waals surface area contributed by atoms with E-state index in [1.807, 2.05) is 12.1 Å². The van der Waals surface area contributed by atoms with Crippen LogP contribution in [0.4, 0.5) is 34.1 Å². The van der Waals surface area contributed by atoms with Gasteiger partial charge in [0, 0.05) is 44.9 Å². The third-order valence-electron chi connectivity index (χ3n) is 11.5. The van der Waals surface area contributed by atoms with Crippen LogP contribution in [0.25, 0.3) is 55.3 Å². The molecule has 9 aromatic carbocycles. The van der Waals surface area contributed by atoms with Gasteiger partial charge in [0.2, 0.25) is 0 Å². The van der Waals surface area contributed by atoms with Crippen LogP contribution in [-0.2, 0) is 6.42 Å². The van der Waals surface area contributed by atoms with E-state index in [0.29, 0.717) is 0 Å². The Labute approximate surface area is 338 Å². The summed E-state index contributed by atoms with van der Waals surface area (Å²) in [5, 5.41) is 2.23. The van der Waals surface area contributed by atoms with Gasteiger partial charge in [-0.3, -0.25) is 0 Å². The molecule has 0 saturated heterocycles. The first-order valence-electron chi connectivity index (χ1n) is 19.9. The molecule has 1 heterocycles. The lowest BCUT2D eigenvalue weighted by molar-refractivity contribution is 0.669. The molecule has 0 spiro atoms. The van der Waals surface area contributed by atoms with E-state index in [-0.39, 0.29) is 0 Å². The molecule has 1 aliphatic rings. The molecule has 58 heavy (non-hydrogen) atoms. The van der Waals surface area contributed by atoms with E-state index in [9.17, 15) is 0 Å². The van der Waals surface area contributed by atoms with Gasteiger partial charge in [0.1, 0.15) is 11.2 Å². The molecule has 0 atom stereocenters. The van der Waals surface area contributed by atoms with Gasteiger partial charge in [0.15, 0.2) is 0 Å². The van der Waals surface area contributed by atoms with E-state index in [1.165, 1.54) is 44.5 Å². The molecule has 274 valence electrons. The SMILES string of the molecule is c1ccc(N(c2ccc(-c3cccc(-c4ccc(N(c5ccccc5)c5ccc6oc7ccccc7c6c5)cc4)c3)cc2)c2ccc3c(c2)-c2ccccc2C3)cc1. The lowest BCUT2D eigenvalue weighted by Gasteiger charge is -2.26. The van der Waals surface area contributed by atoms with Crippen LogP contribution in [0.5, 0.6) is 0 Å². The van der Waals surface area contributed by atoms with Crippen LogP contribution in [0.15, 0.2) is 223 Å². The zero-order valence-electron chi connectivity index (χ0n) is 31.8. The highest BCUT2D eigenvalue weighted by Crippen LogP contribution is 2.43. The molecule has 0 radical (unpaired) electrons. The van der Waals surface area contributed by atoms with E-state index in [1.54, 1.807) is 0 Å². The predicted molar refractivity (Wildman–Crippen MR) is 242 cm³/mol. The quantitative estimate of drug-likeness (QED) is 0.155. The summed E-state index contributed by atoms with van der Waals surface area (Å²) in [4.78, 5) is 4.67. The normalized spacial score (nSPS) is 11.7. The number of hydrogen-bond donors (Lipinski definition) is 0. The molecular weight excluding hydrogens is 705 g/mol. The van der Waals surface area contributed by atoms with Gasteiger partial charge in [-0.1, -0.05) is 127 Å². The zero-order chi connectivity index (χ0) is 38.4. The van der Waals surface area contributed by atoms with Crippen molar-refractivity contribution in [1.82, 2.24) is 0 Å². The van der Waals surface area contributed by atoms with Crippen molar-refractivity contribution in [3.05, 3.63) is 230 Å². The van der Waals surface area contributed by atoms with Gasteiger partial charge in [-0.25, -0.2) is 0 Å². The summed E-state index contributed by atoms with van der Waals surface area (Å²) in [6.07, 6.45) is 0.988. The Kier molecular flexibility index (Phi) is 8.22. The van der Waals surface area contributed by atoms with Crippen LogP contribution < -0.4 is 9.80 Å². The maximum atomic E-state index is 6.16. The Bertz CT molecular complexity index is 3080. The number of benzene rings is 9. The summed E-state index contributed by atoms with van der Waals surface area (Å²) in [6.45, 7) is 0. The van der Waals surface area contributed by atoms with Crippen LogP contribution in [0.1, 0.15) is 11.1 Å². The Hall–Kier alpha value is -7.62. The van der Waals surface area contributed by atoms with Gasteiger partial charge in [0.05, 0.1) is 0 Å². The molecule has 0 saturated carbocycles. The van der Waals surface area contributed by atoms with Gasteiger partial charge in [-0.05, 0) is 142 Å². The van der Waals surface area contributed by atoms with Gasteiger partial charge in [0.25, 0.3) is 0 Å². The predicted octanol–water partition coefficient (Wildman–Crippen LogP) is 15.4. The molecule has 0 aliphatic heterocycles. The van der Waals surface area contributed by atoms with Crippen LogP contribution in [0.3, 0.4) is 0 Å². The number of hydrogen-bond acceptors (Lipinski definition) is 3. The van der Waals surface area contributed by atoms with Crippen molar-refractivity contribution < 1.29 is 4.42 Å². The highest BCUT2D eigenvalue weighted by atomic mass is 16.3. The third-order valence-corrected chi connectivity index (χ3v) is 11.5. The molecule has 3 nitrogen and oxygen atoms in total. The first-order chi connectivity index (χ1) is 28.7. The molecular formula is C55H38N2O. The van der Waals surface area contributed by atoms with Crippen molar-refractivity contribution in [3.63, 3.8) is 0 Å². The largest absolute Gasteiger partial charge is 0.456 e. The van der Waals surface area contributed by atoms with Crippen molar-refractivity contribution >= 4 is 56.1 Å². The van der Waals surface area contributed by atoms with Crippen molar-refractivity contribution in [1.29, 1.82) is 0 Å². The van der Waals surface area contributed by atoms with Crippen LogP contribution >= 0.6 is 0 Å².